The van der Waals surface area contributed by atoms with Gasteiger partial charge in [-0.25, -0.2) is 9.97 Å². The molecule has 0 spiro atoms. The van der Waals surface area contributed by atoms with E-state index in [0.29, 0.717) is 5.95 Å². The fourth-order valence-electron chi connectivity index (χ4n) is 2.14. The zero-order valence-corrected chi connectivity index (χ0v) is 11.2. The third-order valence-corrected chi connectivity index (χ3v) is 3.17. The number of ketones is 1. The molecule has 1 aromatic carbocycles. The SMILES string of the molecule is CC(=O)CNc1ncc(-c2ccc3c(c2)CCO3)cn1. The number of carbonyl (C=O) groups excluding carboxylic acids is 1. The first kappa shape index (κ1) is 12.6. The van der Waals surface area contributed by atoms with E-state index in [-0.39, 0.29) is 12.3 Å². The lowest BCUT2D eigenvalue weighted by molar-refractivity contribution is -0.115. The van der Waals surface area contributed by atoms with Crippen molar-refractivity contribution in [2.75, 3.05) is 18.5 Å². The molecule has 1 aromatic heterocycles. The van der Waals surface area contributed by atoms with Crippen LogP contribution in [0.2, 0.25) is 0 Å². The van der Waals surface area contributed by atoms with Gasteiger partial charge >= 0.3 is 0 Å². The first-order valence-electron chi connectivity index (χ1n) is 6.54. The number of fused-ring (bicyclic) bond motifs is 1. The molecule has 0 aliphatic carbocycles. The van der Waals surface area contributed by atoms with Gasteiger partial charge in [0.25, 0.3) is 0 Å². The summed E-state index contributed by atoms with van der Waals surface area (Å²) in [5.74, 6) is 1.49. The van der Waals surface area contributed by atoms with Crippen LogP contribution < -0.4 is 10.1 Å². The number of ether oxygens (including phenoxy) is 1. The van der Waals surface area contributed by atoms with Crippen LogP contribution in [0.3, 0.4) is 0 Å². The molecule has 0 atom stereocenters. The molecule has 0 unspecified atom stereocenters. The standard InChI is InChI=1S/C15H15N3O2/c1-10(19)7-16-15-17-8-13(9-18-15)11-2-3-14-12(6-11)4-5-20-14/h2-3,6,8-9H,4-5,7H2,1H3,(H,16,17,18). The van der Waals surface area contributed by atoms with Crippen molar-refractivity contribution in [3.8, 4) is 16.9 Å². The highest BCUT2D eigenvalue weighted by atomic mass is 16.5. The fourth-order valence-corrected chi connectivity index (χ4v) is 2.14. The number of rotatable bonds is 4. The second-order valence-electron chi connectivity index (χ2n) is 4.77. The van der Waals surface area contributed by atoms with Gasteiger partial charge in [0.15, 0.2) is 0 Å². The van der Waals surface area contributed by atoms with Crippen molar-refractivity contribution in [3.05, 3.63) is 36.2 Å². The van der Waals surface area contributed by atoms with Crippen LogP contribution in [0, 0.1) is 0 Å². The first-order chi connectivity index (χ1) is 9.72. The molecule has 1 aliphatic heterocycles. The lowest BCUT2D eigenvalue weighted by Gasteiger charge is -2.05. The van der Waals surface area contributed by atoms with Gasteiger partial charge in [-0.1, -0.05) is 6.07 Å². The summed E-state index contributed by atoms with van der Waals surface area (Å²) in [6, 6.07) is 6.11. The summed E-state index contributed by atoms with van der Waals surface area (Å²) >= 11 is 0. The third kappa shape index (κ3) is 2.61. The number of anilines is 1. The fraction of sp³-hybridized carbons (Fsp3) is 0.267. The number of nitrogens with one attached hydrogen (secondary N) is 1. The number of nitrogens with zero attached hydrogens (tertiary/aromatic N) is 2. The summed E-state index contributed by atoms with van der Waals surface area (Å²) in [5, 5.41) is 2.87. The normalized spacial score (nSPS) is 12.7. The largest absolute Gasteiger partial charge is 0.493 e. The lowest BCUT2D eigenvalue weighted by atomic mass is 10.0. The van der Waals surface area contributed by atoms with Crippen molar-refractivity contribution in [3.63, 3.8) is 0 Å². The minimum Gasteiger partial charge on any atom is -0.493 e. The molecule has 0 fully saturated rings. The Balaban J connectivity index is 1.79. The van der Waals surface area contributed by atoms with Gasteiger partial charge in [-0.15, -0.1) is 0 Å². The van der Waals surface area contributed by atoms with Crippen molar-refractivity contribution in [1.82, 2.24) is 9.97 Å². The van der Waals surface area contributed by atoms with Gasteiger partial charge in [-0.3, -0.25) is 4.79 Å². The summed E-state index contributed by atoms with van der Waals surface area (Å²) in [5.41, 5.74) is 3.25. The summed E-state index contributed by atoms with van der Waals surface area (Å²) < 4.78 is 5.49. The quantitative estimate of drug-likeness (QED) is 0.920. The molecule has 1 N–H and O–H groups in total. The van der Waals surface area contributed by atoms with Crippen LogP contribution in [0.15, 0.2) is 30.6 Å². The average molecular weight is 269 g/mol. The minimum atomic E-state index is 0.0521. The Morgan fingerprint density at radius 3 is 2.85 bits per heavy atom. The summed E-state index contributed by atoms with van der Waals surface area (Å²) in [4.78, 5) is 19.3. The van der Waals surface area contributed by atoms with Gasteiger partial charge in [0.05, 0.1) is 13.2 Å². The number of hydrogen-bond acceptors (Lipinski definition) is 5. The van der Waals surface area contributed by atoms with Crippen LogP contribution in [0.4, 0.5) is 5.95 Å². The van der Waals surface area contributed by atoms with Crippen molar-refractivity contribution >= 4 is 11.7 Å². The van der Waals surface area contributed by atoms with E-state index in [1.807, 2.05) is 12.1 Å². The smallest absolute Gasteiger partial charge is 0.222 e. The van der Waals surface area contributed by atoms with Crippen molar-refractivity contribution in [1.29, 1.82) is 0 Å². The monoisotopic (exact) mass is 269 g/mol. The molecule has 0 saturated heterocycles. The Morgan fingerprint density at radius 1 is 1.30 bits per heavy atom. The number of hydrogen-bond donors (Lipinski definition) is 1. The van der Waals surface area contributed by atoms with E-state index in [9.17, 15) is 4.79 Å². The molecule has 0 amide bonds. The van der Waals surface area contributed by atoms with Gasteiger partial charge in [0, 0.05) is 24.4 Å². The van der Waals surface area contributed by atoms with Crippen LogP contribution in [0.5, 0.6) is 5.75 Å². The number of aromatic nitrogens is 2. The topological polar surface area (TPSA) is 64.1 Å². The molecule has 2 heterocycles. The number of carbonyl (C=O) groups is 1. The predicted octanol–water partition coefficient (Wildman–Crippen LogP) is 2.08. The van der Waals surface area contributed by atoms with Gasteiger partial charge in [-0.2, -0.15) is 0 Å². The van der Waals surface area contributed by atoms with E-state index >= 15 is 0 Å². The molecule has 2 aromatic rings. The molecule has 0 bridgehead atoms. The van der Waals surface area contributed by atoms with Gasteiger partial charge in [-0.05, 0) is 30.2 Å². The Labute approximate surface area is 117 Å². The van der Waals surface area contributed by atoms with Crippen molar-refractivity contribution in [2.24, 2.45) is 0 Å². The Morgan fingerprint density at radius 2 is 2.10 bits per heavy atom. The van der Waals surface area contributed by atoms with Crippen molar-refractivity contribution in [2.45, 2.75) is 13.3 Å². The minimum absolute atomic E-state index is 0.0521. The molecule has 0 radical (unpaired) electrons. The highest BCUT2D eigenvalue weighted by molar-refractivity contribution is 5.79. The molecule has 1 aliphatic rings. The van der Waals surface area contributed by atoms with E-state index < -0.39 is 0 Å². The second-order valence-corrected chi connectivity index (χ2v) is 4.77. The molecule has 3 rings (SSSR count). The van der Waals surface area contributed by atoms with E-state index in [2.05, 4.69) is 21.4 Å². The Kier molecular flexibility index (Phi) is 3.33. The maximum atomic E-state index is 10.9. The summed E-state index contributed by atoms with van der Waals surface area (Å²) in [6.07, 6.45) is 4.46. The molecular formula is C15H15N3O2. The maximum absolute atomic E-state index is 10.9. The van der Waals surface area contributed by atoms with Gasteiger partial charge in [0.2, 0.25) is 5.95 Å². The Bertz CT molecular complexity index is 638. The molecule has 20 heavy (non-hydrogen) atoms. The highest BCUT2D eigenvalue weighted by Gasteiger charge is 2.12. The molecule has 102 valence electrons. The summed E-state index contributed by atoms with van der Waals surface area (Å²) in [7, 11) is 0. The van der Waals surface area contributed by atoms with E-state index in [1.54, 1.807) is 12.4 Å². The lowest BCUT2D eigenvalue weighted by Crippen LogP contribution is -2.11. The van der Waals surface area contributed by atoms with E-state index in [0.717, 1.165) is 29.9 Å². The highest BCUT2D eigenvalue weighted by Crippen LogP contribution is 2.30. The average Bonchev–Trinajstić information content (AvgIpc) is 2.93. The number of benzene rings is 1. The maximum Gasteiger partial charge on any atom is 0.222 e. The molecular weight excluding hydrogens is 254 g/mol. The van der Waals surface area contributed by atoms with Crippen LogP contribution >= 0.6 is 0 Å². The first-order valence-corrected chi connectivity index (χ1v) is 6.54. The summed E-state index contributed by atoms with van der Waals surface area (Å²) in [6.45, 7) is 2.52. The van der Waals surface area contributed by atoms with Crippen LogP contribution in [0.25, 0.3) is 11.1 Å². The molecule has 5 heteroatoms. The predicted molar refractivity (Wildman–Crippen MR) is 75.8 cm³/mol. The Hall–Kier alpha value is -2.43. The second kappa shape index (κ2) is 5.28. The number of Topliss-reactive ketones (excluding diaryl/α,β-unsaturated/α-hetero) is 1. The van der Waals surface area contributed by atoms with E-state index in [1.165, 1.54) is 12.5 Å². The van der Waals surface area contributed by atoms with Crippen LogP contribution in [0.1, 0.15) is 12.5 Å². The van der Waals surface area contributed by atoms with Gasteiger partial charge < -0.3 is 10.1 Å². The third-order valence-electron chi connectivity index (χ3n) is 3.17. The zero-order chi connectivity index (χ0) is 13.9. The molecule has 0 saturated carbocycles. The van der Waals surface area contributed by atoms with Crippen molar-refractivity contribution < 1.29 is 9.53 Å². The zero-order valence-electron chi connectivity index (χ0n) is 11.2. The van der Waals surface area contributed by atoms with E-state index in [4.69, 9.17) is 4.74 Å². The van der Waals surface area contributed by atoms with Crippen LogP contribution in [-0.2, 0) is 11.2 Å². The molecule has 5 nitrogen and oxygen atoms in total. The van der Waals surface area contributed by atoms with Crippen LogP contribution in [-0.4, -0.2) is 28.9 Å². The van der Waals surface area contributed by atoms with Gasteiger partial charge in [0.1, 0.15) is 11.5 Å².